The number of nitrogens with one attached hydrogen (secondary N) is 1. The minimum atomic E-state index is -0.708. The summed E-state index contributed by atoms with van der Waals surface area (Å²) >= 11 is 0. The van der Waals surface area contributed by atoms with Crippen LogP contribution in [0.25, 0.3) is 0 Å². The molecule has 2 rings (SSSR count). The molecule has 2 saturated carbocycles. The quantitative estimate of drug-likeness (QED) is 0.845. The fourth-order valence-electron chi connectivity index (χ4n) is 3.63. The lowest BCUT2D eigenvalue weighted by molar-refractivity contribution is -0.134. The van der Waals surface area contributed by atoms with Gasteiger partial charge in [0.15, 0.2) is 0 Å². The molecular formula is C16H26N2O. The summed E-state index contributed by atoms with van der Waals surface area (Å²) in [5.74, 6) is 2.14. The maximum Gasteiger partial charge on any atom is 0.240 e. The molecule has 3 heteroatoms. The number of nitrogens with zero attached hydrogens (tertiary/aromatic N) is 1. The minimum Gasteiger partial charge on any atom is -0.355 e. The highest BCUT2D eigenvalue weighted by molar-refractivity contribution is 5.86. The van der Waals surface area contributed by atoms with Gasteiger partial charge in [-0.25, -0.2) is 0 Å². The Bertz CT molecular complexity index is 357. The fourth-order valence-corrected chi connectivity index (χ4v) is 3.63. The molecule has 0 bridgehead atoms. The molecule has 0 spiro atoms. The molecule has 1 amide bonds. The monoisotopic (exact) mass is 262 g/mol. The van der Waals surface area contributed by atoms with Crippen molar-refractivity contribution in [3.8, 4) is 6.07 Å². The van der Waals surface area contributed by atoms with Gasteiger partial charge >= 0.3 is 0 Å². The summed E-state index contributed by atoms with van der Waals surface area (Å²) in [6, 6.07) is 2.23. The zero-order valence-corrected chi connectivity index (χ0v) is 12.2. The van der Waals surface area contributed by atoms with Crippen LogP contribution in [0.1, 0.15) is 58.8 Å². The summed E-state index contributed by atoms with van der Waals surface area (Å²) in [6.07, 6.45) is 7.81. The smallest absolute Gasteiger partial charge is 0.240 e. The van der Waals surface area contributed by atoms with Gasteiger partial charge in [0.1, 0.15) is 5.41 Å². The molecule has 2 aliphatic carbocycles. The van der Waals surface area contributed by atoms with Crippen molar-refractivity contribution in [1.29, 1.82) is 5.26 Å². The Morgan fingerprint density at radius 1 is 1.21 bits per heavy atom. The molecule has 3 nitrogen and oxygen atoms in total. The molecule has 19 heavy (non-hydrogen) atoms. The Morgan fingerprint density at radius 2 is 1.84 bits per heavy atom. The van der Waals surface area contributed by atoms with Crippen molar-refractivity contribution in [3.63, 3.8) is 0 Å². The van der Waals surface area contributed by atoms with Crippen molar-refractivity contribution in [2.75, 3.05) is 6.54 Å². The van der Waals surface area contributed by atoms with Crippen molar-refractivity contribution in [1.82, 2.24) is 5.32 Å². The lowest BCUT2D eigenvalue weighted by Crippen LogP contribution is -2.48. The van der Waals surface area contributed by atoms with E-state index in [1.807, 2.05) is 0 Å². The number of nitriles is 1. The first kappa shape index (κ1) is 14.4. The zero-order chi connectivity index (χ0) is 13.9. The summed E-state index contributed by atoms with van der Waals surface area (Å²) in [6.45, 7) is 5.17. The molecule has 0 aromatic carbocycles. The van der Waals surface area contributed by atoms with Crippen LogP contribution >= 0.6 is 0 Å². The largest absolute Gasteiger partial charge is 0.355 e. The van der Waals surface area contributed by atoms with Gasteiger partial charge in [-0.05, 0) is 37.0 Å². The van der Waals surface area contributed by atoms with Gasteiger partial charge < -0.3 is 5.32 Å². The second-order valence-corrected chi connectivity index (χ2v) is 6.88. The molecule has 0 aromatic rings. The molecule has 0 atom stereocenters. The molecule has 0 heterocycles. The predicted molar refractivity (Wildman–Crippen MR) is 75.2 cm³/mol. The number of hydrogen-bond acceptors (Lipinski definition) is 2. The molecule has 0 aromatic heterocycles. The Morgan fingerprint density at radius 3 is 2.37 bits per heavy atom. The van der Waals surface area contributed by atoms with E-state index in [9.17, 15) is 10.1 Å². The second-order valence-electron chi connectivity index (χ2n) is 6.88. The SMILES string of the molecule is CC1CCC(CCNC(=O)C2(C#N)CC(C)C2)CC1. The number of carbonyl (C=O) groups excluding carboxylic acids is 1. The van der Waals surface area contributed by atoms with Crippen molar-refractivity contribution in [2.24, 2.45) is 23.2 Å². The number of amides is 1. The van der Waals surface area contributed by atoms with E-state index in [0.29, 0.717) is 5.92 Å². The molecule has 106 valence electrons. The van der Waals surface area contributed by atoms with Crippen LogP contribution in [-0.2, 0) is 4.79 Å². The molecule has 0 aliphatic heterocycles. The van der Waals surface area contributed by atoms with Crippen molar-refractivity contribution < 1.29 is 4.79 Å². The summed E-state index contributed by atoms with van der Waals surface area (Å²) in [5.41, 5.74) is -0.708. The van der Waals surface area contributed by atoms with Crippen LogP contribution in [0, 0.1) is 34.5 Å². The van der Waals surface area contributed by atoms with Gasteiger partial charge in [0.2, 0.25) is 5.91 Å². The van der Waals surface area contributed by atoms with Crippen LogP contribution in [0.15, 0.2) is 0 Å². The van der Waals surface area contributed by atoms with Gasteiger partial charge in [-0.2, -0.15) is 5.26 Å². The number of carbonyl (C=O) groups is 1. The predicted octanol–water partition coefficient (Wildman–Crippen LogP) is 3.26. The highest BCUT2D eigenvalue weighted by Crippen LogP contribution is 2.45. The van der Waals surface area contributed by atoms with Crippen molar-refractivity contribution >= 4 is 5.91 Å². The third kappa shape index (κ3) is 3.29. The van der Waals surface area contributed by atoms with Gasteiger partial charge in [0, 0.05) is 6.54 Å². The lowest BCUT2D eigenvalue weighted by Gasteiger charge is -2.39. The third-order valence-electron chi connectivity index (χ3n) is 5.02. The first-order valence-corrected chi connectivity index (χ1v) is 7.75. The van der Waals surface area contributed by atoms with Gasteiger partial charge in [-0.3, -0.25) is 4.79 Å². The Hall–Kier alpha value is -1.04. The van der Waals surface area contributed by atoms with Gasteiger partial charge in [0.25, 0.3) is 0 Å². The van der Waals surface area contributed by atoms with Gasteiger partial charge in [0.05, 0.1) is 6.07 Å². The topological polar surface area (TPSA) is 52.9 Å². The molecule has 0 unspecified atom stereocenters. The van der Waals surface area contributed by atoms with E-state index in [-0.39, 0.29) is 5.91 Å². The van der Waals surface area contributed by atoms with Crippen LogP contribution in [0.3, 0.4) is 0 Å². The molecule has 0 saturated heterocycles. The molecule has 0 radical (unpaired) electrons. The summed E-state index contributed by atoms with van der Waals surface area (Å²) < 4.78 is 0. The van der Waals surface area contributed by atoms with Gasteiger partial charge in [-0.1, -0.05) is 39.5 Å². The summed E-state index contributed by atoms with van der Waals surface area (Å²) in [7, 11) is 0. The second kappa shape index (κ2) is 5.94. The van der Waals surface area contributed by atoms with E-state index in [1.54, 1.807) is 0 Å². The number of rotatable bonds is 4. The summed E-state index contributed by atoms with van der Waals surface area (Å²) in [5, 5.41) is 12.2. The minimum absolute atomic E-state index is 0.0303. The molecule has 2 fully saturated rings. The Balaban J connectivity index is 1.68. The van der Waals surface area contributed by atoms with Crippen molar-refractivity contribution in [2.45, 2.75) is 58.8 Å². The highest BCUT2D eigenvalue weighted by Gasteiger charge is 2.48. The maximum absolute atomic E-state index is 12.1. The average Bonchev–Trinajstić information content (AvgIpc) is 2.37. The first-order chi connectivity index (χ1) is 9.05. The normalized spacial score (nSPS) is 38.1. The van der Waals surface area contributed by atoms with E-state index in [0.717, 1.165) is 37.6 Å². The summed E-state index contributed by atoms with van der Waals surface area (Å²) in [4.78, 5) is 12.1. The Kier molecular flexibility index (Phi) is 4.50. The molecule has 2 aliphatic rings. The Labute approximate surface area is 116 Å². The van der Waals surface area contributed by atoms with E-state index in [1.165, 1.54) is 25.7 Å². The van der Waals surface area contributed by atoms with E-state index in [2.05, 4.69) is 25.2 Å². The van der Waals surface area contributed by atoms with Crippen LogP contribution in [0.5, 0.6) is 0 Å². The fraction of sp³-hybridized carbons (Fsp3) is 0.875. The van der Waals surface area contributed by atoms with E-state index in [4.69, 9.17) is 0 Å². The van der Waals surface area contributed by atoms with E-state index >= 15 is 0 Å². The zero-order valence-electron chi connectivity index (χ0n) is 12.2. The number of hydrogen-bond donors (Lipinski definition) is 1. The average molecular weight is 262 g/mol. The third-order valence-corrected chi connectivity index (χ3v) is 5.02. The molecular weight excluding hydrogens is 236 g/mol. The maximum atomic E-state index is 12.1. The van der Waals surface area contributed by atoms with Crippen LogP contribution in [-0.4, -0.2) is 12.5 Å². The van der Waals surface area contributed by atoms with Crippen LogP contribution in [0.4, 0.5) is 0 Å². The highest BCUT2D eigenvalue weighted by atomic mass is 16.2. The van der Waals surface area contributed by atoms with Crippen LogP contribution < -0.4 is 5.32 Å². The van der Waals surface area contributed by atoms with E-state index < -0.39 is 5.41 Å². The van der Waals surface area contributed by atoms with Crippen LogP contribution in [0.2, 0.25) is 0 Å². The van der Waals surface area contributed by atoms with Crippen molar-refractivity contribution in [3.05, 3.63) is 0 Å². The van der Waals surface area contributed by atoms with Gasteiger partial charge in [-0.15, -0.1) is 0 Å². The molecule has 1 N–H and O–H groups in total. The first-order valence-electron chi connectivity index (χ1n) is 7.75. The lowest BCUT2D eigenvalue weighted by atomic mass is 9.63. The standard InChI is InChI=1S/C16H26N2O/c1-12-3-5-14(6-4-12)7-8-18-15(19)16(11-17)9-13(2)10-16/h12-14H,3-10H2,1-2H3,(H,18,19).